The topological polar surface area (TPSA) is 212 Å². The Morgan fingerprint density at radius 3 is 1.22 bits per heavy atom. The van der Waals surface area contributed by atoms with Crippen LogP contribution in [0.1, 0.15) is 21.0 Å². The number of nitrogens with one attached hydrogen (secondary N) is 4. The molecule has 0 atom stereocenters. The van der Waals surface area contributed by atoms with Crippen LogP contribution in [0.3, 0.4) is 0 Å². The van der Waals surface area contributed by atoms with Crippen LogP contribution < -0.4 is 32.7 Å². The third kappa shape index (κ3) is 6.90. The van der Waals surface area contributed by atoms with Gasteiger partial charge >= 0.3 is 49.1 Å². The van der Waals surface area contributed by atoms with Crippen LogP contribution >= 0.6 is 0 Å². The molecule has 4 N–H and O–H groups in total. The fourth-order valence-electron chi connectivity index (χ4n) is 1.16. The molecule has 2 heterocycles. The van der Waals surface area contributed by atoms with Crippen molar-refractivity contribution in [1.82, 2.24) is 19.9 Å². The molecule has 0 bridgehead atoms. The first-order chi connectivity index (χ1) is 10.2. The van der Waals surface area contributed by atoms with E-state index in [1.54, 1.807) is 0 Å². The number of rotatable bonds is 2. The number of aromatic nitrogens is 4. The fraction of sp³-hybridized carbons (Fsp3) is 0. The molecular weight excluding hydrogens is 344 g/mol. The van der Waals surface area contributed by atoms with E-state index in [9.17, 15) is 39.0 Å². The molecule has 23 heavy (non-hydrogen) atoms. The minimum atomic E-state index is -1.59. The molecule has 12 nitrogen and oxygen atoms in total. The second kappa shape index (κ2) is 8.87. The Balaban J connectivity index is 0.000000403. The van der Waals surface area contributed by atoms with Crippen LogP contribution in [-0.4, -0.2) is 69.6 Å². The van der Waals surface area contributed by atoms with Gasteiger partial charge < -0.3 is 29.8 Å². The zero-order chi connectivity index (χ0) is 16.9. The smallest absolute Gasteiger partial charge is 0.543 e. The third-order valence-electron chi connectivity index (χ3n) is 1.96. The van der Waals surface area contributed by atoms with E-state index in [0.717, 1.165) is 12.1 Å². The number of hydrogen-bond acceptors (Lipinski definition) is 8. The molecule has 0 spiro atoms. The predicted molar refractivity (Wildman–Crippen MR) is 69.8 cm³/mol. The van der Waals surface area contributed by atoms with Crippen molar-refractivity contribution in [3.05, 3.63) is 65.2 Å². The Morgan fingerprint density at radius 2 is 1.00 bits per heavy atom. The molecule has 0 amide bonds. The van der Waals surface area contributed by atoms with Crippen molar-refractivity contribution in [3.8, 4) is 0 Å². The SMILES string of the molecule is O=C([O-])c1cc(=O)[nH]c(=O)[nH]1.O=C([O-])c1cc(=O)[nH]c(=O)[nH]1.[Ca+2]. The van der Waals surface area contributed by atoms with Gasteiger partial charge in [-0.1, -0.05) is 0 Å². The van der Waals surface area contributed by atoms with Gasteiger partial charge in [0.25, 0.3) is 11.1 Å². The fourth-order valence-corrected chi connectivity index (χ4v) is 1.16. The largest absolute Gasteiger partial charge is 2.00 e. The van der Waals surface area contributed by atoms with E-state index in [1.807, 2.05) is 19.9 Å². The summed E-state index contributed by atoms with van der Waals surface area (Å²) in [7, 11) is 0. The summed E-state index contributed by atoms with van der Waals surface area (Å²) in [5.74, 6) is -3.18. The van der Waals surface area contributed by atoms with E-state index in [2.05, 4.69) is 0 Å². The molecule has 0 saturated carbocycles. The maximum Gasteiger partial charge on any atom is 2.00 e. The second-order valence-corrected chi connectivity index (χ2v) is 3.58. The molecule has 116 valence electrons. The van der Waals surface area contributed by atoms with Crippen molar-refractivity contribution in [2.24, 2.45) is 0 Å². The predicted octanol–water partition coefficient (Wildman–Crippen LogP) is -5.53. The summed E-state index contributed by atoms with van der Waals surface area (Å²) < 4.78 is 0. The van der Waals surface area contributed by atoms with Gasteiger partial charge in [-0.15, -0.1) is 0 Å². The monoisotopic (exact) mass is 350 g/mol. The van der Waals surface area contributed by atoms with Crippen molar-refractivity contribution in [1.29, 1.82) is 0 Å². The molecule has 0 radical (unpaired) electrons. The molecule has 2 rings (SSSR count). The second-order valence-electron chi connectivity index (χ2n) is 3.58. The summed E-state index contributed by atoms with van der Waals surface area (Å²) in [5, 5.41) is 20.1. The summed E-state index contributed by atoms with van der Waals surface area (Å²) in [6.45, 7) is 0. The molecule has 0 unspecified atom stereocenters. The summed E-state index contributed by atoms with van der Waals surface area (Å²) in [4.78, 5) is 69.2. The number of carboxylic acid groups (broad SMARTS) is 2. The van der Waals surface area contributed by atoms with Gasteiger partial charge in [-0.05, 0) is 0 Å². The summed E-state index contributed by atoms with van der Waals surface area (Å²) in [5.41, 5.74) is -4.33. The quantitative estimate of drug-likeness (QED) is 0.382. The molecule has 0 aliphatic carbocycles. The van der Waals surface area contributed by atoms with Gasteiger partial charge in [0.05, 0.1) is 23.3 Å². The first-order valence-electron chi connectivity index (χ1n) is 5.29. The maximum atomic E-state index is 10.4. The van der Waals surface area contributed by atoms with Gasteiger partial charge in [-0.2, -0.15) is 0 Å². The number of carboxylic acids is 2. The van der Waals surface area contributed by atoms with Crippen molar-refractivity contribution < 1.29 is 19.8 Å². The van der Waals surface area contributed by atoms with E-state index in [4.69, 9.17) is 0 Å². The third-order valence-corrected chi connectivity index (χ3v) is 1.96. The Bertz CT molecular complexity index is 803. The van der Waals surface area contributed by atoms with E-state index in [-0.39, 0.29) is 37.7 Å². The Hall–Kier alpha value is -2.44. The van der Waals surface area contributed by atoms with E-state index in [0.29, 0.717) is 0 Å². The van der Waals surface area contributed by atoms with E-state index in [1.165, 1.54) is 0 Å². The van der Waals surface area contributed by atoms with Crippen LogP contribution in [0.5, 0.6) is 0 Å². The molecule has 0 aromatic carbocycles. The van der Waals surface area contributed by atoms with Crippen LogP contribution in [-0.2, 0) is 0 Å². The molecule has 0 aliphatic rings. The molecule has 13 heteroatoms. The van der Waals surface area contributed by atoms with Crippen LogP contribution in [0, 0.1) is 0 Å². The molecule has 0 fully saturated rings. The normalized spacial score (nSPS) is 9.04. The average Bonchev–Trinajstić information content (AvgIpc) is 2.37. The van der Waals surface area contributed by atoms with E-state index < -0.39 is 45.8 Å². The number of carbonyl (C=O) groups is 2. The number of aromatic carboxylic acids is 2. The number of carbonyl (C=O) groups excluding carboxylic acids is 2. The maximum absolute atomic E-state index is 10.4. The first kappa shape index (κ1) is 20.6. The molecule has 2 aromatic heterocycles. The van der Waals surface area contributed by atoms with Crippen molar-refractivity contribution >= 4 is 49.7 Å². The Labute approximate surface area is 154 Å². The standard InChI is InChI=1S/2C5H4N2O4.Ca/c2*8-3-1-2(4(9)10)6-5(11)7-3;/h2*1H,(H,9,10)(H2,6,7,8,11);/q;;+2/p-2. The number of aromatic amines is 4. The average molecular weight is 350 g/mol. The van der Waals surface area contributed by atoms with Gasteiger partial charge in [0.2, 0.25) is 0 Å². The number of H-pyrrole nitrogens is 4. The minimum absolute atomic E-state index is 0. The molecular formula is C10H6CaN4O8. The summed E-state index contributed by atoms with van der Waals surface area (Å²) >= 11 is 0. The molecule has 0 saturated heterocycles. The van der Waals surface area contributed by atoms with Gasteiger partial charge in [0.1, 0.15) is 0 Å². The molecule has 2 aromatic rings. The van der Waals surface area contributed by atoms with Crippen molar-refractivity contribution in [2.75, 3.05) is 0 Å². The van der Waals surface area contributed by atoms with Crippen molar-refractivity contribution in [3.63, 3.8) is 0 Å². The van der Waals surface area contributed by atoms with Gasteiger partial charge in [0, 0.05) is 12.1 Å². The van der Waals surface area contributed by atoms with Gasteiger partial charge in [0.15, 0.2) is 0 Å². The minimum Gasteiger partial charge on any atom is -0.543 e. The Kier molecular flexibility index (Phi) is 7.93. The zero-order valence-corrected chi connectivity index (χ0v) is 13.3. The van der Waals surface area contributed by atoms with Crippen LogP contribution in [0.15, 0.2) is 31.3 Å². The number of hydrogen-bond donors (Lipinski definition) is 4. The van der Waals surface area contributed by atoms with Crippen LogP contribution in [0.25, 0.3) is 0 Å². The van der Waals surface area contributed by atoms with E-state index >= 15 is 0 Å². The first-order valence-corrected chi connectivity index (χ1v) is 5.29. The van der Waals surface area contributed by atoms with Gasteiger partial charge in [-0.3, -0.25) is 19.6 Å². The zero-order valence-electron chi connectivity index (χ0n) is 11.1. The Morgan fingerprint density at radius 1 is 0.696 bits per heavy atom. The summed E-state index contributed by atoms with van der Waals surface area (Å²) in [6.07, 6.45) is 0. The molecule has 0 aliphatic heterocycles. The van der Waals surface area contributed by atoms with Crippen LogP contribution in [0.4, 0.5) is 0 Å². The van der Waals surface area contributed by atoms with Gasteiger partial charge in [-0.25, -0.2) is 9.59 Å². The summed E-state index contributed by atoms with van der Waals surface area (Å²) in [6, 6.07) is 1.47. The van der Waals surface area contributed by atoms with Crippen molar-refractivity contribution in [2.45, 2.75) is 0 Å². The van der Waals surface area contributed by atoms with Crippen LogP contribution in [0.2, 0.25) is 0 Å².